The molecule has 112 valence electrons. The Kier molecular flexibility index (Phi) is 6.39. The molecule has 1 atom stereocenters. The van der Waals surface area contributed by atoms with Crippen molar-refractivity contribution >= 4 is 28.3 Å². The predicted molar refractivity (Wildman–Crippen MR) is 91.1 cm³/mol. The van der Waals surface area contributed by atoms with Crippen molar-refractivity contribution in [3.63, 3.8) is 0 Å². The van der Waals surface area contributed by atoms with Gasteiger partial charge < -0.3 is 5.32 Å². The van der Waals surface area contributed by atoms with Gasteiger partial charge in [0.05, 0.1) is 4.92 Å². The van der Waals surface area contributed by atoms with Crippen LogP contribution in [0.3, 0.4) is 0 Å². The quantitative estimate of drug-likeness (QED) is 0.451. The van der Waals surface area contributed by atoms with Gasteiger partial charge >= 0.3 is 0 Å². The van der Waals surface area contributed by atoms with Crippen molar-refractivity contribution < 1.29 is 4.92 Å². The molecule has 1 aromatic rings. The van der Waals surface area contributed by atoms with Crippen LogP contribution in [0.4, 0.5) is 5.69 Å². The molecule has 0 saturated heterocycles. The molecule has 0 radical (unpaired) electrons. The Hall–Kier alpha value is -0.690. The van der Waals surface area contributed by atoms with Crippen LogP contribution in [0.15, 0.2) is 18.2 Å². The molecule has 4 nitrogen and oxygen atoms in total. The van der Waals surface area contributed by atoms with Gasteiger partial charge in [-0.1, -0.05) is 33.8 Å². The van der Waals surface area contributed by atoms with Gasteiger partial charge in [-0.3, -0.25) is 10.1 Å². The van der Waals surface area contributed by atoms with Gasteiger partial charge in [-0.05, 0) is 53.5 Å². The lowest BCUT2D eigenvalue weighted by atomic mass is 9.82. The van der Waals surface area contributed by atoms with E-state index in [9.17, 15) is 10.1 Å². The molecule has 0 fully saturated rings. The molecule has 0 aliphatic carbocycles. The Labute approximate surface area is 134 Å². The molecule has 5 heteroatoms. The van der Waals surface area contributed by atoms with Gasteiger partial charge in [0.25, 0.3) is 5.69 Å². The van der Waals surface area contributed by atoms with E-state index in [-0.39, 0.29) is 22.1 Å². The molecule has 0 amide bonds. The summed E-state index contributed by atoms with van der Waals surface area (Å²) in [4.78, 5) is 10.9. The zero-order chi connectivity index (χ0) is 15.3. The highest BCUT2D eigenvalue weighted by Gasteiger charge is 2.27. The highest BCUT2D eigenvalue weighted by atomic mass is 127. The molecule has 0 bridgehead atoms. The van der Waals surface area contributed by atoms with Gasteiger partial charge in [0.1, 0.15) is 0 Å². The number of hydrogen-bond donors (Lipinski definition) is 1. The van der Waals surface area contributed by atoms with E-state index in [1.165, 1.54) is 0 Å². The maximum absolute atomic E-state index is 11.2. The van der Waals surface area contributed by atoms with Crippen molar-refractivity contribution in [2.24, 2.45) is 5.41 Å². The Morgan fingerprint density at radius 1 is 1.40 bits per heavy atom. The minimum atomic E-state index is -0.281. The molecule has 0 saturated carbocycles. The highest BCUT2D eigenvalue weighted by Crippen LogP contribution is 2.28. The summed E-state index contributed by atoms with van der Waals surface area (Å²) < 4.78 is 0.895. The Balaban J connectivity index is 3.01. The van der Waals surface area contributed by atoms with Crippen molar-refractivity contribution in [3.8, 4) is 0 Å². The van der Waals surface area contributed by atoms with Crippen molar-refractivity contribution in [2.45, 2.75) is 46.6 Å². The molecule has 0 aliphatic heterocycles. The molecule has 1 aromatic carbocycles. The van der Waals surface area contributed by atoms with Gasteiger partial charge in [-0.2, -0.15) is 0 Å². The average Bonchev–Trinajstić information content (AvgIpc) is 2.34. The van der Waals surface area contributed by atoms with Crippen molar-refractivity contribution in [1.82, 2.24) is 5.32 Å². The standard InChI is InChI=1S/C15H23IN2O2/c1-5-8-17-14(15(2,3)4)9-11-6-7-12(16)10-13(11)18(19)20/h6-7,10,14,17H,5,8-9H2,1-4H3. The van der Waals surface area contributed by atoms with Gasteiger partial charge in [-0.25, -0.2) is 0 Å². The lowest BCUT2D eigenvalue weighted by Gasteiger charge is -2.31. The fourth-order valence-electron chi connectivity index (χ4n) is 2.10. The second-order valence-electron chi connectivity index (χ2n) is 6.11. The summed E-state index contributed by atoms with van der Waals surface area (Å²) in [7, 11) is 0. The number of rotatable bonds is 6. The normalized spacial score (nSPS) is 13.2. The lowest BCUT2D eigenvalue weighted by molar-refractivity contribution is -0.385. The van der Waals surface area contributed by atoms with E-state index in [0.717, 1.165) is 22.1 Å². The number of halogens is 1. The largest absolute Gasteiger partial charge is 0.313 e. The third-order valence-electron chi connectivity index (χ3n) is 3.35. The van der Waals surface area contributed by atoms with Crippen molar-refractivity contribution in [3.05, 3.63) is 37.4 Å². The van der Waals surface area contributed by atoms with E-state index in [0.29, 0.717) is 6.42 Å². The molecule has 0 heterocycles. The average molecular weight is 390 g/mol. The fraction of sp³-hybridized carbons (Fsp3) is 0.600. The minimum absolute atomic E-state index is 0.0615. The van der Waals surface area contributed by atoms with Crippen LogP contribution in [0, 0.1) is 19.1 Å². The van der Waals surface area contributed by atoms with E-state index >= 15 is 0 Å². The molecule has 0 aliphatic rings. The van der Waals surface area contributed by atoms with E-state index < -0.39 is 0 Å². The Morgan fingerprint density at radius 2 is 2.05 bits per heavy atom. The van der Waals surface area contributed by atoms with E-state index in [1.54, 1.807) is 6.07 Å². The summed E-state index contributed by atoms with van der Waals surface area (Å²) >= 11 is 2.11. The topological polar surface area (TPSA) is 55.2 Å². The first-order chi connectivity index (χ1) is 9.25. The third kappa shape index (κ3) is 5.01. The highest BCUT2D eigenvalue weighted by molar-refractivity contribution is 14.1. The molecule has 1 rings (SSSR count). The molecular weight excluding hydrogens is 367 g/mol. The maximum Gasteiger partial charge on any atom is 0.273 e. The number of nitro benzene ring substituents is 1. The fourth-order valence-corrected chi connectivity index (χ4v) is 2.58. The molecule has 0 aromatic heterocycles. The first-order valence-corrected chi connectivity index (χ1v) is 7.99. The first kappa shape index (κ1) is 17.4. The second kappa shape index (κ2) is 7.36. The number of nitro groups is 1. The van der Waals surface area contributed by atoms with E-state index in [1.807, 2.05) is 12.1 Å². The predicted octanol–water partition coefficient (Wildman–Crippen LogP) is 4.16. The number of nitrogens with zero attached hydrogens (tertiary/aromatic N) is 1. The van der Waals surface area contributed by atoms with Crippen LogP contribution in [-0.2, 0) is 6.42 Å². The SMILES string of the molecule is CCCNC(Cc1ccc(I)cc1[N+](=O)[O-])C(C)(C)C. The monoisotopic (exact) mass is 390 g/mol. The summed E-state index contributed by atoms with van der Waals surface area (Å²) in [5.41, 5.74) is 1.09. The summed E-state index contributed by atoms with van der Waals surface area (Å²) in [5.74, 6) is 0. The van der Waals surface area contributed by atoms with Crippen molar-refractivity contribution in [1.29, 1.82) is 0 Å². The summed E-state index contributed by atoms with van der Waals surface area (Å²) in [6.45, 7) is 9.55. The summed E-state index contributed by atoms with van der Waals surface area (Å²) in [6.07, 6.45) is 1.73. The number of hydrogen-bond acceptors (Lipinski definition) is 3. The smallest absolute Gasteiger partial charge is 0.273 e. The van der Waals surface area contributed by atoms with Crippen LogP contribution in [0.25, 0.3) is 0 Å². The minimum Gasteiger partial charge on any atom is -0.313 e. The zero-order valence-corrected chi connectivity index (χ0v) is 14.7. The maximum atomic E-state index is 11.2. The van der Waals surface area contributed by atoms with Crippen LogP contribution < -0.4 is 5.32 Å². The third-order valence-corrected chi connectivity index (χ3v) is 4.03. The molecule has 0 spiro atoms. The molecule has 20 heavy (non-hydrogen) atoms. The van der Waals surface area contributed by atoms with Gasteiger partial charge in [0.2, 0.25) is 0 Å². The summed E-state index contributed by atoms with van der Waals surface area (Å²) in [5, 5.41) is 14.7. The van der Waals surface area contributed by atoms with E-state index in [2.05, 4.69) is 55.6 Å². The van der Waals surface area contributed by atoms with Gasteiger partial charge in [-0.15, -0.1) is 0 Å². The Bertz CT molecular complexity index is 469. The summed E-state index contributed by atoms with van der Waals surface area (Å²) in [6, 6.07) is 5.69. The number of benzene rings is 1. The van der Waals surface area contributed by atoms with Crippen LogP contribution in [0.2, 0.25) is 0 Å². The van der Waals surface area contributed by atoms with E-state index in [4.69, 9.17) is 0 Å². The Morgan fingerprint density at radius 3 is 2.55 bits per heavy atom. The van der Waals surface area contributed by atoms with Crippen LogP contribution in [0.5, 0.6) is 0 Å². The molecule has 1 N–H and O–H groups in total. The molecule has 1 unspecified atom stereocenters. The van der Waals surface area contributed by atoms with Crippen LogP contribution >= 0.6 is 22.6 Å². The van der Waals surface area contributed by atoms with Crippen molar-refractivity contribution in [2.75, 3.05) is 6.54 Å². The first-order valence-electron chi connectivity index (χ1n) is 6.92. The molecular formula is C15H23IN2O2. The zero-order valence-electron chi connectivity index (χ0n) is 12.6. The second-order valence-corrected chi connectivity index (χ2v) is 7.35. The lowest BCUT2D eigenvalue weighted by Crippen LogP contribution is -2.42. The van der Waals surface area contributed by atoms with Crippen LogP contribution in [0.1, 0.15) is 39.7 Å². The number of nitrogens with one attached hydrogen (secondary N) is 1. The van der Waals surface area contributed by atoms with Crippen LogP contribution in [-0.4, -0.2) is 17.5 Å². The van der Waals surface area contributed by atoms with Gasteiger partial charge in [0.15, 0.2) is 0 Å². The van der Waals surface area contributed by atoms with Gasteiger partial charge in [0, 0.05) is 21.2 Å².